The summed E-state index contributed by atoms with van der Waals surface area (Å²) in [7, 11) is 0. The van der Waals surface area contributed by atoms with E-state index in [1.807, 2.05) is 13.8 Å². The van der Waals surface area contributed by atoms with Crippen molar-refractivity contribution >= 4 is 11.9 Å². The van der Waals surface area contributed by atoms with Crippen molar-refractivity contribution in [3.05, 3.63) is 0 Å². The Morgan fingerprint density at radius 1 is 1.25 bits per heavy atom. The molecule has 1 amide bonds. The molecule has 0 aromatic rings. The molecule has 2 atom stereocenters. The van der Waals surface area contributed by atoms with Gasteiger partial charge in [0.25, 0.3) is 0 Å². The molecule has 5 heteroatoms. The molecule has 0 heterocycles. The third kappa shape index (κ3) is 6.40. The monoisotopic (exact) mass is 230 g/mol. The van der Waals surface area contributed by atoms with Gasteiger partial charge in [-0.05, 0) is 12.8 Å². The van der Waals surface area contributed by atoms with Gasteiger partial charge in [-0.15, -0.1) is 0 Å². The SMILES string of the molecule is CCCC(N)CC(=O)NC(CCC)C(=O)O. The van der Waals surface area contributed by atoms with Crippen LogP contribution in [0.2, 0.25) is 0 Å². The van der Waals surface area contributed by atoms with Gasteiger partial charge in [-0.25, -0.2) is 4.79 Å². The summed E-state index contributed by atoms with van der Waals surface area (Å²) >= 11 is 0. The van der Waals surface area contributed by atoms with Crippen LogP contribution in [0.25, 0.3) is 0 Å². The van der Waals surface area contributed by atoms with Crippen LogP contribution in [0.1, 0.15) is 46.0 Å². The minimum atomic E-state index is -0.987. The van der Waals surface area contributed by atoms with E-state index in [4.69, 9.17) is 10.8 Å². The number of carbonyl (C=O) groups is 2. The number of rotatable bonds is 8. The maximum absolute atomic E-state index is 11.5. The Balaban J connectivity index is 4.04. The van der Waals surface area contributed by atoms with E-state index in [-0.39, 0.29) is 18.4 Å². The topological polar surface area (TPSA) is 92.4 Å². The van der Waals surface area contributed by atoms with Crippen LogP contribution in [-0.4, -0.2) is 29.1 Å². The fourth-order valence-corrected chi connectivity index (χ4v) is 1.51. The summed E-state index contributed by atoms with van der Waals surface area (Å²) in [5, 5.41) is 11.3. The molecule has 0 aliphatic carbocycles. The maximum atomic E-state index is 11.5. The molecule has 16 heavy (non-hydrogen) atoms. The van der Waals surface area contributed by atoms with Gasteiger partial charge in [0.05, 0.1) is 0 Å². The Kier molecular flexibility index (Phi) is 7.54. The fourth-order valence-electron chi connectivity index (χ4n) is 1.51. The smallest absolute Gasteiger partial charge is 0.326 e. The van der Waals surface area contributed by atoms with Crippen LogP contribution in [0.15, 0.2) is 0 Å². The van der Waals surface area contributed by atoms with Crippen LogP contribution >= 0.6 is 0 Å². The second-order valence-corrected chi connectivity index (χ2v) is 4.00. The third-order valence-corrected chi connectivity index (χ3v) is 2.32. The predicted octanol–water partition coefficient (Wildman–Crippen LogP) is 0.873. The van der Waals surface area contributed by atoms with E-state index in [9.17, 15) is 9.59 Å². The van der Waals surface area contributed by atoms with E-state index in [0.29, 0.717) is 6.42 Å². The van der Waals surface area contributed by atoms with Crippen molar-refractivity contribution in [3.63, 3.8) is 0 Å². The number of carboxylic acids is 1. The van der Waals surface area contributed by atoms with E-state index in [0.717, 1.165) is 19.3 Å². The summed E-state index contributed by atoms with van der Waals surface area (Å²) in [6, 6.07) is -0.965. The van der Waals surface area contributed by atoms with Crippen LogP contribution in [0.3, 0.4) is 0 Å². The first-order valence-electron chi connectivity index (χ1n) is 5.79. The van der Waals surface area contributed by atoms with E-state index < -0.39 is 12.0 Å². The van der Waals surface area contributed by atoms with E-state index in [1.165, 1.54) is 0 Å². The summed E-state index contributed by atoms with van der Waals surface area (Å²) in [6.45, 7) is 3.87. The van der Waals surface area contributed by atoms with Gasteiger partial charge in [-0.2, -0.15) is 0 Å². The lowest BCUT2D eigenvalue weighted by Crippen LogP contribution is -2.42. The summed E-state index contributed by atoms with van der Waals surface area (Å²) in [5.74, 6) is -1.26. The molecule has 0 rings (SSSR count). The molecule has 0 aromatic heterocycles. The minimum Gasteiger partial charge on any atom is -0.480 e. The van der Waals surface area contributed by atoms with Gasteiger partial charge in [-0.1, -0.05) is 26.7 Å². The van der Waals surface area contributed by atoms with Gasteiger partial charge in [0.2, 0.25) is 5.91 Å². The Bertz CT molecular complexity index is 231. The van der Waals surface area contributed by atoms with Crippen molar-refractivity contribution in [2.24, 2.45) is 5.73 Å². The highest BCUT2D eigenvalue weighted by Gasteiger charge is 2.19. The normalized spacial score (nSPS) is 14.2. The standard InChI is InChI=1S/C11H22N2O3/c1-3-5-8(12)7-10(14)13-9(6-4-2)11(15)16/h8-9H,3-7,12H2,1-2H3,(H,13,14)(H,15,16). The summed E-state index contributed by atoms with van der Waals surface area (Å²) < 4.78 is 0. The fraction of sp³-hybridized carbons (Fsp3) is 0.818. The van der Waals surface area contributed by atoms with Gasteiger partial charge in [-0.3, -0.25) is 4.79 Å². The average molecular weight is 230 g/mol. The minimum absolute atomic E-state index is 0.180. The number of hydrogen-bond acceptors (Lipinski definition) is 3. The van der Waals surface area contributed by atoms with Gasteiger partial charge >= 0.3 is 5.97 Å². The van der Waals surface area contributed by atoms with Crippen LogP contribution in [0, 0.1) is 0 Å². The summed E-state index contributed by atoms with van der Waals surface area (Å²) in [6.07, 6.45) is 3.06. The van der Waals surface area contributed by atoms with E-state index >= 15 is 0 Å². The van der Waals surface area contributed by atoms with Crippen LogP contribution in [0.5, 0.6) is 0 Å². The van der Waals surface area contributed by atoms with Gasteiger partial charge in [0, 0.05) is 12.5 Å². The van der Waals surface area contributed by atoms with Crippen molar-refractivity contribution in [3.8, 4) is 0 Å². The summed E-state index contributed by atoms with van der Waals surface area (Å²) in [4.78, 5) is 22.3. The predicted molar refractivity (Wildman–Crippen MR) is 62.0 cm³/mol. The van der Waals surface area contributed by atoms with Crippen molar-refractivity contribution < 1.29 is 14.7 Å². The largest absolute Gasteiger partial charge is 0.480 e. The van der Waals surface area contributed by atoms with Gasteiger partial charge in [0.1, 0.15) is 6.04 Å². The van der Waals surface area contributed by atoms with Crippen molar-refractivity contribution in [2.45, 2.75) is 58.0 Å². The molecule has 94 valence electrons. The lowest BCUT2D eigenvalue weighted by Gasteiger charge is -2.15. The van der Waals surface area contributed by atoms with Gasteiger partial charge in [0.15, 0.2) is 0 Å². The number of carboxylic acid groups (broad SMARTS) is 1. The Morgan fingerprint density at radius 3 is 2.25 bits per heavy atom. The number of carbonyl (C=O) groups excluding carboxylic acids is 1. The second kappa shape index (κ2) is 8.10. The van der Waals surface area contributed by atoms with Crippen LogP contribution in [-0.2, 0) is 9.59 Å². The first kappa shape index (κ1) is 14.9. The number of hydrogen-bond donors (Lipinski definition) is 3. The van der Waals surface area contributed by atoms with Crippen molar-refractivity contribution in [1.29, 1.82) is 0 Å². The molecule has 0 radical (unpaired) electrons. The maximum Gasteiger partial charge on any atom is 0.326 e. The van der Waals surface area contributed by atoms with Crippen molar-refractivity contribution in [1.82, 2.24) is 5.32 Å². The van der Waals surface area contributed by atoms with E-state index in [1.54, 1.807) is 0 Å². The highest BCUT2D eigenvalue weighted by Crippen LogP contribution is 2.01. The Morgan fingerprint density at radius 2 is 1.81 bits per heavy atom. The molecule has 0 saturated carbocycles. The average Bonchev–Trinajstić information content (AvgIpc) is 2.16. The Labute approximate surface area is 96.4 Å². The van der Waals surface area contributed by atoms with Crippen LogP contribution in [0.4, 0.5) is 0 Å². The molecule has 5 nitrogen and oxygen atoms in total. The number of amides is 1. The lowest BCUT2D eigenvalue weighted by molar-refractivity contribution is -0.142. The molecule has 0 aliphatic heterocycles. The number of nitrogens with one attached hydrogen (secondary N) is 1. The summed E-state index contributed by atoms with van der Waals surface area (Å²) in [5.41, 5.74) is 5.70. The first-order valence-corrected chi connectivity index (χ1v) is 5.79. The molecule has 2 unspecified atom stereocenters. The molecule has 0 fully saturated rings. The zero-order chi connectivity index (χ0) is 12.6. The molecular formula is C11H22N2O3. The highest BCUT2D eigenvalue weighted by atomic mass is 16.4. The lowest BCUT2D eigenvalue weighted by atomic mass is 10.1. The highest BCUT2D eigenvalue weighted by molar-refractivity contribution is 5.83. The van der Waals surface area contributed by atoms with Crippen LogP contribution < -0.4 is 11.1 Å². The molecule has 0 aromatic carbocycles. The molecular weight excluding hydrogens is 208 g/mol. The second-order valence-electron chi connectivity index (χ2n) is 4.00. The van der Waals surface area contributed by atoms with Crippen molar-refractivity contribution in [2.75, 3.05) is 0 Å². The molecule has 0 saturated heterocycles. The number of nitrogens with two attached hydrogens (primary N) is 1. The van der Waals surface area contributed by atoms with E-state index in [2.05, 4.69) is 5.32 Å². The molecule has 4 N–H and O–H groups in total. The zero-order valence-electron chi connectivity index (χ0n) is 10.0. The molecule has 0 aliphatic rings. The molecule has 0 bridgehead atoms. The number of aliphatic carboxylic acids is 1. The van der Waals surface area contributed by atoms with Gasteiger partial charge < -0.3 is 16.2 Å². The quantitative estimate of drug-likeness (QED) is 0.577. The first-order chi connectivity index (χ1) is 7.51. The zero-order valence-corrected chi connectivity index (χ0v) is 10.0. The molecule has 0 spiro atoms. The third-order valence-electron chi connectivity index (χ3n) is 2.32. The Hall–Kier alpha value is -1.10.